The highest BCUT2D eigenvalue weighted by atomic mass is 19.4. The fraction of sp³-hybridized carbons (Fsp3) is 0.200. The summed E-state index contributed by atoms with van der Waals surface area (Å²) in [5.41, 5.74) is -2.51. The van der Waals surface area contributed by atoms with Gasteiger partial charge in [-0.3, -0.25) is 10.1 Å². The van der Waals surface area contributed by atoms with E-state index in [-0.39, 0.29) is 0 Å². The fourth-order valence-corrected chi connectivity index (χ4v) is 1.35. The van der Waals surface area contributed by atoms with E-state index in [1.54, 1.807) is 0 Å². The molecule has 0 atom stereocenters. The minimum Gasteiger partial charge on any atom is -0.465 e. The molecule has 1 rings (SSSR count). The Balaban J connectivity index is 3.52. The molecule has 0 bridgehead atoms. The van der Waals surface area contributed by atoms with Gasteiger partial charge in [-0.2, -0.15) is 5.26 Å². The zero-order chi connectivity index (χ0) is 15.5. The highest BCUT2D eigenvalue weighted by molar-refractivity contribution is 5.95. The Morgan fingerprint density at radius 3 is 2.45 bits per heavy atom. The van der Waals surface area contributed by atoms with E-state index in [1.165, 1.54) is 6.07 Å². The van der Waals surface area contributed by atoms with Gasteiger partial charge in [-0.15, -0.1) is 13.2 Å². The molecule has 0 saturated carbocycles. The number of nitro benzene ring substituents is 1. The second-order valence-electron chi connectivity index (χ2n) is 3.28. The van der Waals surface area contributed by atoms with Crippen LogP contribution in [-0.4, -0.2) is 24.4 Å². The lowest BCUT2D eigenvalue weighted by atomic mass is 10.1. The normalized spacial score (nSPS) is 10.6. The summed E-state index contributed by atoms with van der Waals surface area (Å²) in [7, 11) is 0.884. The van der Waals surface area contributed by atoms with Crippen LogP contribution in [0.15, 0.2) is 12.1 Å². The average molecular weight is 290 g/mol. The molecule has 0 N–H and O–H groups in total. The lowest BCUT2D eigenvalue weighted by Crippen LogP contribution is -2.18. The first-order chi connectivity index (χ1) is 9.19. The van der Waals surface area contributed by atoms with E-state index in [1.807, 2.05) is 0 Å². The summed E-state index contributed by atoms with van der Waals surface area (Å²) in [5.74, 6) is -2.19. The molecule has 10 heteroatoms. The van der Waals surface area contributed by atoms with E-state index in [0.717, 1.165) is 7.11 Å². The predicted molar refractivity (Wildman–Crippen MR) is 55.8 cm³/mol. The maximum absolute atomic E-state index is 12.1. The minimum absolute atomic E-state index is 0.484. The van der Waals surface area contributed by atoms with E-state index in [4.69, 9.17) is 5.26 Å². The first kappa shape index (κ1) is 15.2. The number of esters is 1. The van der Waals surface area contributed by atoms with Crippen LogP contribution < -0.4 is 4.74 Å². The SMILES string of the molecule is COC(=O)c1cc(OC(F)(F)F)cc(C#N)c1[N+](=O)[O-]. The van der Waals surface area contributed by atoms with Crippen LogP contribution in [-0.2, 0) is 4.74 Å². The summed E-state index contributed by atoms with van der Waals surface area (Å²) in [6, 6.07) is 2.32. The molecule has 0 amide bonds. The third-order valence-corrected chi connectivity index (χ3v) is 2.03. The predicted octanol–water partition coefficient (Wildman–Crippen LogP) is 2.15. The smallest absolute Gasteiger partial charge is 0.465 e. The Morgan fingerprint density at radius 2 is 2.05 bits per heavy atom. The van der Waals surface area contributed by atoms with Crippen molar-refractivity contribution < 1.29 is 32.4 Å². The van der Waals surface area contributed by atoms with Crippen molar-refractivity contribution in [3.63, 3.8) is 0 Å². The number of nitriles is 1. The van der Waals surface area contributed by atoms with Gasteiger partial charge in [-0.05, 0) is 0 Å². The Labute approximate surface area is 109 Å². The van der Waals surface area contributed by atoms with Crippen molar-refractivity contribution in [2.75, 3.05) is 7.11 Å². The molecule has 0 radical (unpaired) electrons. The molecule has 7 nitrogen and oxygen atoms in total. The zero-order valence-electron chi connectivity index (χ0n) is 9.72. The summed E-state index contributed by atoms with van der Waals surface area (Å²) in [6.07, 6.45) is -5.07. The summed E-state index contributed by atoms with van der Waals surface area (Å²) in [4.78, 5) is 21.1. The standard InChI is InChI=1S/C10H5F3N2O5/c1-19-9(16)7-3-6(20-10(11,12)13)2-5(4-14)8(7)15(17)18/h2-3H,1H3. The quantitative estimate of drug-likeness (QED) is 0.480. The topological polar surface area (TPSA) is 102 Å². The van der Waals surface area contributed by atoms with Gasteiger partial charge in [0, 0.05) is 12.1 Å². The number of methoxy groups -OCH3 is 1. The highest BCUT2D eigenvalue weighted by Gasteiger charge is 2.34. The van der Waals surface area contributed by atoms with Crippen LogP contribution in [0.5, 0.6) is 5.75 Å². The number of hydrogen-bond donors (Lipinski definition) is 0. The van der Waals surface area contributed by atoms with Crippen LogP contribution in [0.4, 0.5) is 18.9 Å². The molecule has 1 aromatic rings. The van der Waals surface area contributed by atoms with Crippen LogP contribution in [0.1, 0.15) is 15.9 Å². The molecule has 0 heterocycles. The van der Waals surface area contributed by atoms with Crippen molar-refractivity contribution in [1.29, 1.82) is 5.26 Å². The van der Waals surface area contributed by atoms with Gasteiger partial charge in [-0.1, -0.05) is 0 Å². The molecule has 0 aromatic heterocycles. The largest absolute Gasteiger partial charge is 0.573 e. The number of ether oxygens (including phenoxy) is 2. The second kappa shape index (κ2) is 5.43. The maximum Gasteiger partial charge on any atom is 0.573 e. The van der Waals surface area contributed by atoms with E-state index < -0.39 is 39.8 Å². The van der Waals surface area contributed by atoms with Crippen LogP contribution in [0.3, 0.4) is 0 Å². The highest BCUT2D eigenvalue weighted by Crippen LogP contribution is 2.32. The molecule has 0 unspecified atom stereocenters. The second-order valence-corrected chi connectivity index (χ2v) is 3.28. The fourth-order valence-electron chi connectivity index (χ4n) is 1.35. The molecule has 1 aromatic carbocycles. The summed E-state index contributed by atoms with van der Waals surface area (Å²) < 4.78 is 44.0. The van der Waals surface area contributed by atoms with E-state index in [9.17, 15) is 28.1 Å². The summed E-state index contributed by atoms with van der Waals surface area (Å²) in [5, 5.41) is 19.5. The number of carbonyl (C=O) groups excluding carboxylic acids is 1. The van der Waals surface area contributed by atoms with E-state index in [2.05, 4.69) is 9.47 Å². The molecular weight excluding hydrogens is 285 g/mol. The van der Waals surface area contributed by atoms with Crippen LogP contribution >= 0.6 is 0 Å². The molecule has 0 fully saturated rings. The molecule has 20 heavy (non-hydrogen) atoms. The number of carbonyl (C=O) groups is 1. The van der Waals surface area contributed by atoms with Crippen LogP contribution in [0.2, 0.25) is 0 Å². The van der Waals surface area contributed by atoms with Crippen molar-refractivity contribution in [3.05, 3.63) is 33.4 Å². The molecular formula is C10H5F3N2O5. The van der Waals surface area contributed by atoms with E-state index in [0.29, 0.717) is 12.1 Å². The average Bonchev–Trinajstić information content (AvgIpc) is 2.34. The van der Waals surface area contributed by atoms with Gasteiger partial charge in [0.15, 0.2) is 0 Å². The molecule has 106 valence electrons. The molecule has 0 saturated heterocycles. The Kier molecular flexibility index (Phi) is 4.14. The lowest BCUT2D eigenvalue weighted by Gasteiger charge is -2.10. The Morgan fingerprint density at radius 1 is 1.45 bits per heavy atom. The molecule has 0 aliphatic rings. The monoisotopic (exact) mass is 290 g/mol. The maximum atomic E-state index is 12.1. The van der Waals surface area contributed by atoms with Gasteiger partial charge in [0.25, 0.3) is 0 Å². The number of halogens is 3. The van der Waals surface area contributed by atoms with Crippen LogP contribution in [0, 0.1) is 21.4 Å². The number of hydrogen-bond acceptors (Lipinski definition) is 6. The molecule has 0 aliphatic carbocycles. The zero-order valence-corrected chi connectivity index (χ0v) is 9.72. The third kappa shape index (κ3) is 3.35. The van der Waals surface area contributed by atoms with Crippen molar-refractivity contribution in [1.82, 2.24) is 0 Å². The number of nitro groups is 1. The van der Waals surface area contributed by atoms with Crippen LogP contribution in [0.25, 0.3) is 0 Å². The van der Waals surface area contributed by atoms with Crippen molar-refractivity contribution in [2.45, 2.75) is 6.36 Å². The van der Waals surface area contributed by atoms with Gasteiger partial charge in [0.1, 0.15) is 22.9 Å². The number of alkyl halides is 3. The van der Waals surface area contributed by atoms with Crippen molar-refractivity contribution in [2.24, 2.45) is 0 Å². The Hall–Kier alpha value is -2.83. The van der Waals surface area contributed by atoms with Crippen molar-refractivity contribution in [3.8, 4) is 11.8 Å². The summed E-state index contributed by atoms with van der Waals surface area (Å²) in [6.45, 7) is 0. The first-order valence-corrected chi connectivity index (χ1v) is 4.76. The van der Waals surface area contributed by atoms with Gasteiger partial charge in [0.2, 0.25) is 0 Å². The van der Waals surface area contributed by atoms with Gasteiger partial charge >= 0.3 is 18.0 Å². The lowest BCUT2D eigenvalue weighted by molar-refractivity contribution is -0.385. The summed E-state index contributed by atoms with van der Waals surface area (Å²) >= 11 is 0. The Bertz CT molecular complexity index is 606. The minimum atomic E-state index is -5.07. The third-order valence-electron chi connectivity index (χ3n) is 2.03. The van der Waals surface area contributed by atoms with Gasteiger partial charge in [0.05, 0.1) is 12.0 Å². The molecule has 0 spiro atoms. The van der Waals surface area contributed by atoms with E-state index >= 15 is 0 Å². The first-order valence-electron chi connectivity index (χ1n) is 4.76. The van der Waals surface area contributed by atoms with Gasteiger partial charge < -0.3 is 9.47 Å². The number of rotatable bonds is 3. The molecule has 0 aliphatic heterocycles. The number of benzene rings is 1. The van der Waals surface area contributed by atoms with Gasteiger partial charge in [-0.25, -0.2) is 4.79 Å². The van der Waals surface area contributed by atoms with Crippen molar-refractivity contribution >= 4 is 11.7 Å². The number of nitrogens with zero attached hydrogens (tertiary/aromatic N) is 2.